The molecule has 1 heterocycles. The summed E-state index contributed by atoms with van der Waals surface area (Å²) >= 11 is 0. The number of nitrogens with two attached hydrogens (primary N) is 1. The second-order valence-corrected chi connectivity index (χ2v) is 5.15. The Morgan fingerprint density at radius 2 is 1.79 bits per heavy atom. The lowest BCUT2D eigenvalue weighted by atomic mass is 9.97. The van der Waals surface area contributed by atoms with E-state index in [1.54, 1.807) is 0 Å². The Morgan fingerprint density at radius 1 is 1.11 bits per heavy atom. The molecule has 2 aromatic rings. The average Bonchev–Trinajstić information content (AvgIpc) is 2.34. The fourth-order valence-electron chi connectivity index (χ4n) is 2.48. The molecule has 0 saturated heterocycles. The third kappa shape index (κ3) is 3.63. The number of hydrogen-bond acceptors (Lipinski definition) is 3. The van der Waals surface area contributed by atoms with Gasteiger partial charge in [-0.3, -0.25) is 16.3 Å². The van der Waals surface area contributed by atoms with Crippen LogP contribution in [0, 0.1) is 20.8 Å². The Bertz CT molecular complexity index is 543. The first-order valence-electron chi connectivity index (χ1n) is 6.54. The van der Waals surface area contributed by atoms with Gasteiger partial charge in [-0.05, 0) is 50.5 Å². The molecular formula is C16H21N3. The lowest BCUT2D eigenvalue weighted by Gasteiger charge is -2.17. The highest BCUT2D eigenvalue weighted by Crippen LogP contribution is 2.19. The van der Waals surface area contributed by atoms with Gasteiger partial charge in [-0.2, -0.15) is 0 Å². The van der Waals surface area contributed by atoms with Crippen molar-refractivity contribution < 1.29 is 0 Å². The van der Waals surface area contributed by atoms with Gasteiger partial charge >= 0.3 is 0 Å². The maximum atomic E-state index is 5.71. The summed E-state index contributed by atoms with van der Waals surface area (Å²) in [5, 5.41) is 0. The zero-order valence-corrected chi connectivity index (χ0v) is 11.8. The summed E-state index contributed by atoms with van der Waals surface area (Å²) in [6.07, 6.45) is 2.71. The lowest BCUT2D eigenvalue weighted by Crippen LogP contribution is -2.29. The van der Waals surface area contributed by atoms with E-state index in [0.29, 0.717) is 0 Å². The number of rotatable bonds is 4. The predicted octanol–water partition coefficient (Wildman–Crippen LogP) is 2.75. The summed E-state index contributed by atoms with van der Waals surface area (Å²) in [6, 6.07) is 10.8. The number of benzene rings is 1. The standard InChI is InChI=1S/C16H21N3/c1-11-6-12(2)8-14(7-11)10-16(19-17)15-4-5-18-13(3)9-15/h4-9,16,19H,10,17H2,1-3H3. The molecule has 3 heteroatoms. The maximum absolute atomic E-state index is 5.71. The molecule has 3 N–H and O–H groups in total. The monoisotopic (exact) mass is 255 g/mol. The molecule has 19 heavy (non-hydrogen) atoms. The van der Waals surface area contributed by atoms with Crippen molar-refractivity contribution in [1.29, 1.82) is 0 Å². The van der Waals surface area contributed by atoms with Gasteiger partial charge in [-0.1, -0.05) is 29.3 Å². The fraction of sp³-hybridized carbons (Fsp3) is 0.312. The summed E-state index contributed by atoms with van der Waals surface area (Å²) in [5.41, 5.74) is 8.97. The minimum Gasteiger partial charge on any atom is -0.271 e. The molecular weight excluding hydrogens is 234 g/mol. The van der Waals surface area contributed by atoms with Gasteiger partial charge in [0, 0.05) is 11.9 Å². The van der Waals surface area contributed by atoms with E-state index in [1.807, 2.05) is 19.2 Å². The van der Waals surface area contributed by atoms with Gasteiger partial charge in [-0.25, -0.2) is 0 Å². The van der Waals surface area contributed by atoms with Gasteiger partial charge < -0.3 is 0 Å². The maximum Gasteiger partial charge on any atom is 0.0501 e. The van der Waals surface area contributed by atoms with E-state index < -0.39 is 0 Å². The van der Waals surface area contributed by atoms with Crippen molar-refractivity contribution in [3.05, 3.63) is 64.5 Å². The van der Waals surface area contributed by atoms with Crippen LogP contribution in [-0.4, -0.2) is 4.98 Å². The van der Waals surface area contributed by atoms with Crippen LogP contribution in [-0.2, 0) is 6.42 Å². The average molecular weight is 255 g/mol. The van der Waals surface area contributed by atoms with Crippen LogP contribution in [0.15, 0.2) is 36.5 Å². The molecule has 0 saturated carbocycles. The van der Waals surface area contributed by atoms with Crippen LogP contribution in [0.4, 0.5) is 0 Å². The van der Waals surface area contributed by atoms with Crippen molar-refractivity contribution in [3.8, 4) is 0 Å². The van der Waals surface area contributed by atoms with Crippen molar-refractivity contribution in [2.45, 2.75) is 33.2 Å². The molecule has 3 nitrogen and oxygen atoms in total. The van der Waals surface area contributed by atoms with Gasteiger partial charge in [0.25, 0.3) is 0 Å². The minimum atomic E-state index is 0.114. The number of aromatic nitrogens is 1. The van der Waals surface area contributed by atoms with E-state index in [4.69, 9.17) is 5.84 Å². The van der Waals surface area contributed by atoms with Gasteiger partial charge in [0.2, 0.25) is 0 Å². The molecule has 100 valence electrons. The first kappa shape index (κ1) is 13.7. The molecule has 1 unspecified atom stereocenters. The molecule has 0 amide bonds. The molecule has 1 aromatic carbocycles. The predicted molar refractivity (Wildman–Crippen MR) is 78.7 cm³/mol. The van der Waals surface area contributed by atoms with Crippen LogP contribution in [0.3, 0.4) is 0 Å². The van der Waals surface area contributed by atoms with Crippen molar-refractivity contribution in [1.82, 2.24) is 10.4 Å². The summed E-state index contributed by atoms with van der Waals surface area (Å²) in [5.74, 6) is 5.71. The second-order valence-electron chi connectivity index (χ2n) is 5.15. The third-order valence-corrected chi connectivity index (χ3v) is 3.25. The lowest BCUT2D eigenvalue weighted by molar-refractivity contribution is 0.550. The van der Waals surface area contributed by atoms with E-state index in [-0.39, 0.29) is 6.04 Å². The van der Waals surface area contributed by atoms with E-state index >= 15 is 0 Å². The molecule has 0 fully saturated rings. The molecule has 1 atom stereocenters. The van der Waals surface area contributed by atoms with Crippen LogP contribution in [0.5, 0.6) is 0 Å². The molecule has 0 bridgehead atoms. The van der Waals surface area contributed by atoms with Crippen LogP contribution < -0.4 is 11.3 Å². The highest BCUT2D eigenvalue weighted by Gasteiger charge is 2.11. The third-order valence-electron chi connectivity index (χ3n) is 3.25. The number of nitrogens with zero attached hydrogens (tertiary/aromatic N) is 1. The van der Waals surface area contributed by atoms with Crippen molar-refractivity contribution in [2.24, 2.45) is 5.84 Å². The number of hydrogen-bond donors (Lipinski definition) is 2. The van der Waals surface area contributed by atoms with Gasteiger partial charge in [-0.15, -0.1) is 0 Å². The number of aryl methyl sites for hydroxylation is 3. The van der Waals surface area contributed by atoms with Crippen LogP contribution in [0.25, 0.3) is 0 Å². The van der Waals surface area contributed by atoms with E-state index in [0.717, 1.165) is 12.1 Å². The van der Waals surface area contributed by atoms with Crippen molar-refractivity contribution in [3.63, 3.8) is 0 Å². The summed E-state index contributed by atoms with van der Waals surface area (Å²) in [7, 11) is 0. The largest absolute Gasteiger partial charge is 0.271 e. The van der Waals surface area contributed by atoms with Crippen LogP contribution in [0.2, 0.25) is 0 Å². The van der Waals surface area contributed by atoms with E-state index in [2.05, 4.69) is 48.5 Å². The fourth-order valence-corrected chi connectivity index (χ4v) is 2.48. The zero-order chi connectivity index (χ0) is 13.8. The number of nitrogens with one attached hydrogen (secondary N) is 1. The summed E-state index contributed by atoms with van der Waals surface area (Å²) in [6.45, 7) is 6.24. The highest BCUT2D eigenvalue weighted by molar-refractivity contribution is 5.30. The summed E-state index contributed by atoms with van der Waals surface area (Å²) < 4.78 is 0. The molecule has 0 aliphatic heterocycles. The highest BCUT2D eigenvalue weighted by atomic mass is 15.2. The Hall–Kier alpha value is -1.71. The van der Waals surface area contributed by atoms with Gasteiger partial charge in [0.1, 0.15) is 0 Å². The molecule has 0 spiro atoms. The first-order valence-corrected chi connectivity index (χ1v) is 6.54. The van der Waals surface area contributed by atoms with E-state index in [9.17, 15) is 0 Å². The van der Waals surface area contributed by atoms with Crippen LogP contribution in [0.1, 0.15) is 34.0 Å². The molecule has 1 aromatic heterocycles. The Morgan fingerprint density at radius 3 is 2.37 bits per heavy atom. The smallest absolute Gasteiger partial charge is 0.0501 e. The van der Waals surface area contributed by atoms with Crippen LogP contribution >= 0.6 is 0 Å². The molecule has 2 rings (SSSR count). The zero-order valence-electron chi connectivity index (χ0n) is 11.8. The summed E-state index contributed by atoms with van der Waals surface area (Å²) in [4.78, 5) is 4.22. The van der Waals surface area contributed by atoms with Crippen molar-refractivity contribution >= 4 is 0 Å². The quantitative estimate of drug-likeness (QED) is 0.652. The Labute approximate surface area is 114 Å². The van der Waals surface area contributed by atoms with E-state index in [1.165, 1.54) is 22.3 Å². The second kappa shape index (κ2) is 5.95. The topological polar surface area (TPSA) is 50.9 Å². The molecule has 0 aliphatic rings. The number of hydrazine groups is 1. The van der Waals surface area contributed by atoms with Gasteiger partial charge in [0.15, 0.2) is 0 Å². The van der Waals surface area contributed by atoms with Gasteiger partial charge in [0.05, 0.1) is 6.04 Å². The first-order chi connectivity index (χ1) is 9.08. The Kier molecular flexibility index (Phi) is 4.30. The normalized spacial score (nSPS) is 12.4. The van der Waals surface area contributed by atoms with Crippen molar-refractivity contribution in [2.75, 3.05) is 0 Å². The SMILES string of the molecule is Cc1cc(C)cc(CC(NN)c2ccnc(C)c2)c1. The Balaban J connectivity index is 2.23. The number of pyridine rings is 1. The minimum absolute atomic E-state index is 0.114. The molecule has 0 aliphatic carbocycles. The molecule has 0 radical (unpaired) electrons.